The van der Waals surface area contributed by atoms with Gasteiger partial charge in [-0.05, 0) is 68.7 Å². The van der Waals surface area contributed by atoms with Gasteiger partial charge < -0.3 is 20.2 Å². The largest absolute Gasteiger partial charge is 0.393 e. The molecule has 0 atom stereocenters. The molecule has 27 heavy (non-hydrogen) atoms. The first kappa shape index (κ1) is 20.1. The van der Waals surface area contributed by atoms with E-state index in [1.807, 2.05) is 17.0 Å². The smallest absolute Gasteiger partial charge is 0.317 e. The molecule has 150 valence electrons. The Labute approximate surface area is 161 Å². The molecule has 2 N–H and O–H groups in total. The zero-order chi connectivity index (χ0) is 19.1. The van der Waals surface area contributed by atoms with Gasteiger partial charge in [0.1, 0.15) is 5.82 Å². The van der Waals surface area contributed by atoms with Gasteiger partial charge in [-0.2, -0.15) is 0 Å². The van der Waals surface area contributed by atoms with Crippen LogP contribution in [0.5, 0.6) is 0 Å². The zero-order valence-corrected chi connectivity index (χ0v) is 16.1. The number of amides is 2. The average molecular weight is 378 g/mol. The quantitative estimate of drug-likeness (QED) is 0.750. The molecule has 0 radical (unpaired) electrons. The number of likely N-dealkylation sites (tertiary alicyclic amines) is 2. The molecule has 0 spiro atoms. The lowest BCUT2D eigenvalue weighted by molar-refractivity contribution is 0.0821. The minimum absolute atomic E-state index is 0.0456. The van der Waals surface area contributed by atoms with Crippen molar-refractivity contribution >= 4 is 6.03 Å². The predicted molar refractivity (Wildman–Crippen MR) is 104 cm³/mol. The number of aliphatic hydroxyl groups is 1. The maximum Gasteiger partial charge on any atom is 0.317 e. The molecule has 1 aromatic carbocycles. The number of rotatable bonds is 6. The van der Waals surface area contributed by atoms with E-state index in [4.69, 9.17) is 0 Å². The molecule has 2 aliphatic heterocycles. The minimum Gasteiger partial charge on any atom is -0.393 e. The fourth-order valence-corrected chi connectivity index (χ4v) is 4.05. The summed E-state index contributed by atoms with van der Waals surface area (Å²) >= 11 is 0. The summed E-state index contributed by atoms with van der Waals surface area (Å²) in [6, 6.07) is 6.80. The normalized spacial score (nSPS) is 20.0. The second kappa shape index (κ2) is 10.0. The van der Waals surface area contributed by atoms with Gasteiger partial charge in [0.05, 0.1) is 6.10 Å². The number of carbonyl (C=O) groups is 1. The van der Waals surface area contributed by atoms with E-state index in [0.717, 1.165) is 71.2 Å². The van der Waals surface area contributed by atoms with Gasteiger partial charge in [0.25, 0.3) is 0 Å². The third kappa shape index (κ3) is 6.47. The third-order valence-electron chi connectivity index (χ3n) is 5.82. The van der Waals surface area contributed by atoms with Crippen molar-refractivity contribution in [2.45, 2.75) is 44.6 Å². The van der Waals surface area contributed by atoms with Crippen molar-refractivity contribution < 1.29 is 14.3 Å². The first-order chi connectivity index (χ1) is 13.1. The SMILES string of the molecule is O=C(NCCCN1CCC(O)CC1)N1CCC(Cc2ccc(F)cc2)CC1. The molecule has 2 heterocycles. The Kier molecular flexibility index (Phi) is 7.47. The first-order valence-electron chi connectivity index (χ1n) is 10.3. The van der Waals surface area contributed by atoms with Crippen LogP contribution in [-0.4, -0.2) is 66.3 Å². The number of hydrogen-bond acceptors (Lipinski definition) is 3. The topological polar surface area (TPSA) is 55.8 Å². The van der Waals surface area contributed by atoms with Crippen LogP contribution in [-0.2, 0) is 6.42 Å². The summed E-state index contributed by atoms with van der Waals surface area (Å²) in [5, 5.41) is 12.6. The Bertz CT molecular complexity index is 580. The fraction of sp³-hybridized carbons (Fsp3) is 0.667. The minimum atomic E-state index is -0.192. The van der Waals surface area contributed by atoms with Gasteiger partial charge in [0, 0.05) is 32.7 Å². The van der Waals surface area contributed by atoms with Gasteiger partial charge in [-0.1, -0.05) is 12.1 Å². The Balaban J connectivity index is 1.28. The number of hydrogen-bond donors (Lipinski definition) is 2. The van der Waals surface area contributed by atoms with Crippen LogP contribution < -0.4 is 5.32 Å². The monoisotopic (exact) mass is 377 g/mol. The van der Waals surface area contributed by atoms with Crippen molar-refractivity contribution in [2.24, 2.45) is 5.92 Å². The van der Waals surface area contributed by atoms with Crippen molar-refractivity contribution in [1.29, 1.82) is 0 Å². The molecular formula is C21H32FN3O2. The highest BCUT2D eigenvalue weighted by atomic mass is 19.1. The number of urea groups is 1. The van der Waals surface area contributed by atoms with Gasteiger partial charge in [0.15, 0.2) is 0 Å². The van der Waals surface area contributed by atoms with Crippen LogP contribution >= 0.6 is 0 Å². The van der Waals surface area contributed by atoms with E-state index in [9.17, 15) is 14.3 Å². The number of nitrogens with one attached hydrogen (secondary N) is 1. The fourth-order valence-electron chi connectivity index (χ4n) is 4.05. The Hall–Kier alpha value is -1.66. The summed E-state index contributed by atoms with van der Waals surface area (Å²) in [6.45, 7) is 5.18. The van der Waals surface area contributed by atoms with Crippen molar-refractivity contribution in [2.75, 3.05) is 39.3 Å². The van der Waals surface area contributed by atoms with E-state index in [0.29, 0.717) is 12.5 Å². The van der Waals surface area contributed by atoms with Crippen molar-refractivity contribution in [3.05, 3.63) is 35.6 Å². The summed E-state index contributed by atoms with van der Waals surface area (Å²) in [6.07, 6.45) is 5.50. The molecule has 2 fully saturated rings. The summed E-state index contributed by atoms with van der Waals surface area (Å²) < 4.78 is 13.0. The van der Waals surface area contributed by atoms with E-state index in [1.165, 1.54) is 17.7 Å². The third-order valence-corrected chi connectivity index (χ3v) is 5.82. The van der Waals surface area contributed by atoms with Crippen LogP contribution in [0.15, 0.2) is 24.3 Å². The number of carbonyl (C=O) groups excluding carboxylic acids is 1. The maximum atomic E-state index is 13.0. The lowest BCUT2D eigenvalue weighted by Crippen LogP contribution is -2.45. The summed E-state index contributed by atoms with van der Waals surface area (Å²) in [4.78, 5) is 16.6. The average Bonchev–Trinajstić information content (AvgIpc) is 2.69. The predicted octanol–water partition coefficient (Wildman–Crippen LogP) is 2.64. The number of nitrogens with zero attached hydrogens (tertiary/aromatic N) is 2. The highest BCUT2D eigenvalue weighted by Crippen LogP contribution is 2.22. The molecule has 2 aliphatic rings. The van der Waals surface area contributed by atoms with Crippen LogP contribution in [0.2, 0.25) is 0 Å². The van der Waals surface area contributed by atoms with Gasteiger partial charge in [-0.15, -0.1) is 0 Å². The lowest BCUT2D eigenvalue weighted by atomic mass is 9.90. The molecule has 0 bridgehead atoms. The Morgan fingerprint density at radius 3 is 2.41 bits per heavy atom. The van der Waals surface area contributed by atoms with Gasteiger partial charge in [-0.3, -0.25) is 0 Å². The van der Waals surface area contributed by atoms with E-state index in [1.54, 1.807) is 0 Å². The molecule has 0 unspecified atom stereocenters. The Morgan fingerprint density at radius 2 is 1.74 bits per heavy atom. The summed E-state index contributed by atoms with van der Waals surface area (Å²) in [7, 11) is 0. The summed E-state index contributed by atoms with van der Waals surface area (Å²) in [5.74, 6) is 0.372. The molecule has 1 aromatic rings. The van der Waals surface area contributed by atoms with Crippen LogP contribution in [0, 0.1) is 11.7 Å². The molecule has 2 amide bonds. The lowest BCUT2D eigenvalue weighted by Gasteiger charge is -2.32. The van der Waals surface area contributed by atoms with E-state index in [2.05, 4.69) is 10.2 Å². The van der Waals surface area contributed by atoms with Crippen LogP contribution in [0.3, 0.4) is 0 Å². The number of piperidine rings is 2. The van der Waals surface area contributed by atoms with E-state index in [-0.39, 0.29) is 18.0 Å². The molecule has 5 nitrogen and oxygen atoms in total. The van der Waals surface area contributed by atoms with Crippen molar-refractivity contribution in [3.8, 4) is 0 Å². The van der Waals surface area contributed by atoms with Crippen molar-refractivity contribution in [3.63, 3.8) is 0 Å². The van der Waals surface area contributed by atoms with E-state index < -0.39 is 0 Å². The molecular weight excluding hydrogens is 345 g/mol. The van der Waals surface area contributed by atoms with Crippen molar-refractivity contribution in [1.82, 2.24) is 15.1 Å². The molecule has 0 saturated carbocycles. The second-order valence-electron chi connectivity index (χ2n) is 7.92. The van der Waals surface area contributed by atoms with Gasteiger partial charge in [0.2, 0.25) is 0 Å². The molecule has 3 rings (SSSR count). The molecule has 6 heteroatoms. The van der Waals surface area contributed by atoms with Crippen LogP contribution in [0.1, 0.15) is 37.7 Å². The first-order valence-corrected chi connectivity index (χ1v) is 10.3. The molecule has 0 aromatic heterocycles. The molecule has 0 aliphatic carbocycles. The summed E-state index contributed by atoms with van der Waals surface area (Å²) in [5.41, 5.74) is 1.17. The standard InChI is InChI=1S/C21H32FN3O2/c22-19-4-2-17(3-5-19)16-18-6-14-25(15-7-18)21(27)23-10-1-11-24-12-8-20(26)9-13-24/h2-5,18,20,26H,1,6-16H2,(H,23,27). The van der Waals surface area contributed by atoms with Gasteiger partial charge >= 0.3 is 6.03 Å². The number of halogens is 1. The molecule has 2 saturated heterocycles. The highest BCUT2D eigenvalue weighted by Gasteiger charge is 2.23. The highest BCUT2D eigenvalue weighted by molar-refractivity contribution is 5.74. The maximum absolute atomic E-state index is 13.0. The van der Waals surface area contributed by atoms with Crippen LogP contribution in [0.25, 0.3) is 0 Å². The zero-order valence-electron chi connectivity index (χ0n) is 16.1. The second-order valence-corrected chi connectivity index (χ2v) is 7.92. The number of aliphatic hydroxyl groups excluding tert-OH is 1. The van der Waals surface area contributed by atoms with Gasteiger partial charge in [-0.25, -0.2) is 9.18 Å². The van der Waals surface area contributed by atoms with E-state index >= 15 is 0 Å². The Morgan fingerprint density at radius 1 is 1.07 bits per heavy atom. The number of benzene rings is 1. The van der Waals surface area contributed by atoms with Crippen LogP contribution in [0.4, 0.5) is 9.18 Å².